The highest BCUT2D eigenvalue weighted by Crippen LogP contribution is 2.21. The Labute approximate surface area is 134 Å². The van der Waals surface area contributed by atoms with Crippen molar-refractivity contribution in [2.75, 3.05) is 6.54 Å². The molecule has 0 aliphatic heterocycles. The first-order valence-electron chi connectivity index (χ1n) is 9.66. The zero-order chi connectivity index (χ0) is 15.8. The molecule has 0 saturated heterocycles. The number of hydrogen-bond donors (Lipinski definition) is 2. The summed E-state index contributed by atoms with van der Waals surface area (Å²) in [5, 5.41) is 0. The average Bonchev–Trinajstić information content (AvgIpc) is 2.49. The summed E-state index contributed by atoms with van der Waals surface area (Å²) in [6.07, 6.45) is 19.1. The minimum absolute atomic E-state index is 0.520. The Balaban J connectivity index is 0.000000423. The van der Waals surface area contributed by atoms with Crippen molar-refractivity contribution in [2.45, 2.75) is 110 Å². The molecular formula is C19H42N2. The molecule has 2 nitrogen and oxygen atoms in total. The molecule has 1 saturated carbocycles. The molecule has 0 atom stereocenters. The second kappa shape index (κ2) is 16.3. The van der Waals surface area contributed by atoms with Crippen LogP contribution in [0.2, 0.25) is 0 Å². The summed E-state index contributed by atoms with van der Waals surface area (Å²) in [5.41, 5.74) is 11.1. The zero-order valence-corrected chi connectivity index (χ0v) is 14.9. The normalized spacial score (nSPS) is 21.7. The van der Waals surface area contributed by atoms with Gasteiger partial charge in [0.05, 0.1) is 0 Å². The number of unbranched alkanes of at least 4 members (excludes halogenated alkanes) is 9. The van der Waals surface area contributed by atoms with Crippen LogP contribution in [0.25, 0.3) is 0 Å². The largest absolute Gasteiger partial charge is 0.330 e. The Morgan fingerprint density at radius 2 is 1.14 bits per heavy atom. The Hall–Kier alpha value is -0.0800. The average molecular weight is 299 g/mol. The predicted octanol–water partition coefficient (Wildman–Crippen LogP) is 5.39. The molecule has 0 heterocycles. The number of rotatable bonds is 10. The fourth-order valence-corrected chi connectivity index (χ4v) is 2.92. The van der Waals surface area contributed by atoms with Crippen LogP contribution in [-0.4, -0.2) is 12.6 Å². The Morgan fingerprint density at radius 3 is 1.52 bits per heavy atom. The van der Waals surface area contributed by atoms with Crippen LogP contribution in [0.1, 0.15) is 104 Å². The van der Waals surface area contributed by atoms with Crippen molar-refractivity contribution in [3.05, 3.63) is 0 Å². The summed E-state index contributed by atoms with van der Waals surface area (Å²) in [7, 11) is 0. The van der Waals surface area contributed by atoms with Crippen molar-refractivity contribution in [2.24, 2.45) is 17.4 Å². The molecule has 0 spiro atoms. The molecule has 1 aliphatic carbocycles. The summed E-state index contributed by atoms with van der Waals surface area (Å²) in [4.78, 5) is 0. The van der Waals surface area contributed by atoms with E-state index < -0.39 is 0 Å². The highest BCUT2D eigenvalue weighted by atomic mass is 14.6. The van der Waals surface area contributed by atoms with E-state index in [1.54, 1.807) is 0 Å². The van der Waals surface area contributed by atoms with Crippen molar-refractivity contribution in [3.63, 3.8) is 0 Å². The topological polar surface area (TPSA) is 52.0 Å². The molecule has 0 aromatic rings. The Kier molecular flexibility index (Phi) is 16.2. The predicted molar refractivity (Wildman–Crippen MR) is 96.5 cm³/mol. The Morgan fingerprint density at radius 1 is 0.714 bits per heavy atom. The van der Waals surface area contributed by atoms with Gasteiger partial charge >= 0.3 is 0 Å². The van der Waals surface area contributed by atoms with Gasteiger partial charge in [-0.1, -0.05) is 71.6 Å². The van der Waals surface area contributed by atoms with E-state index in [0.29, 0.717) is 6.04 Å². The lowest BCUT2D eigenvalue weighted by molar-refractivity contribution is 0.348. The van der Waals surface area contributed by atoms with Crippen molar-refractivity contribution < 1.29 is 0 Å². The van der Waals surface area contributed by atoms with Crippen LogP contribution in [0.3, 0.4) is 0 Å². The summed E-state index contributed by atoms with van der Waals surface area (Å²) in [5.74, 6) is 0.940. The van der Waals surface area contributed by atoms with Crippen LogP contribution in [0.5, 0.6) is 0 Å². The van der Waals surface area contributed by atoms with Gasteiger partial charge in [0.15, 0.2) is 0 Å². The lowest BCUT2D eigenvalue weighted by Gasteiger charge is -2.22. The molecule has 2 heteroatoms. The summed E-state index contributed by atoms with van der Waals surface area (Å²) in [6.45, 7) is 5.45. The molecule has 0 bridgehead atoms. The molecule has 21 heavy (non-hydrogen) atoms. The van der Waals surface area contributed by atoms with Gasteiger partial charge in [-0.15, -0.1) is 0 Å². The molecule has 0 radical (unpaired) electrons. The van der Waals surface area contributed by atoms with E-state index in [0.717, 1.165) is 12.5 Å². The standard InChI is InChI=1S/C12H27N.C7H15N/c1-2-3-4-5-6-7-8-9-10-11-12-13;1-6-2-4-7(8)5-3-6/h2-13H2,1H3;6-7H,2-5,8H2,1H3. The van der Waals surface area contributed by atoms with E-state index in [9.17, 15) is 0 Å². The maximum absolute atomic E-state index is 5.70. The molecule has 0 unspecified atom stereocenters. The third-order valence-corrected chi connectivity index (χ3v) is 4.62. The van der Waals surface area contributed by atoms with E-state index in [1.807, 2.05) is 0 Å². The van der Waals surface area contributed by atoms with Gasteiger partial charge in [-0.3, -0.25) is 0 Å². The molecular weight excluding hydrogens is 256 g/mol. The van der Waals surface area contributed by atoms with E-state index in [-0.39, 0.29) is 0 Å². The van der Waals surface area contributed by atoms with E-state index in [2.05, 4.69) is 13.8 Å². The lowest BCUT2D eigenvalue weighted by Crippen LogP contribution is -2.25. The van der Waals surface area contributed by atoms with E-state index in [4.69, 9.17) is 11.5 Å². The van der Waals surface area contributed by atoms with Crippen molar-refractivity contribution in [1.29, 1.82) is 0 Å². The molecule has 1 rings (SSSR count). The quantitative estimate of drug-likeness (QED) is 0.531. The monoisotopic (exact) mass is 298 g/mol. The molecule has 128 valence electrons. The Bertz CT molecular complexity index is 166. The minimum atomic E-state index is 0.520. The molecule has 4 N–H and O–H groups in total. The van der Waals surface area contributed by atoms with Gasteiger partial charge in [-0.25, -0.2) is 0 Å². The van der Waals surface area contributed by atoms with Crippen LogP contribution >= 0.6 is 0 Å². The van der Waals surface area contributed by atoms with Gasteiger partial charge in [0, 0.05) is 6.04 Å². The molecule has 0 aromatic heterocycles. The summed E-state index contributed by atoms with van der Waals surface area (Å²) >= 11 is 0. The van der Waals surface area contributed by atoms with E-state index in [1.165, 1.54) is 89.9 Å². The number of hydrogen-bond acceptors (Lipinski definition) is 2. The van der Waals surface area contributed by atoms with Gasteiger partial charge in [0.1, 0.15) is 0 Å². The second-order valence-corrected chi connectivity index (χ2v) is 6.99. The van der Waals surface area contributed by atoms with Crippen molar-refractivity contribution in [3.8, 4) is 0 Å². The van der Waals surface area contributed by atoms with Crippen molar-refractivity contribution in [1.82, 2.24) is 0 Å². The van der Waals surface area contributed by atoms with Gasteiger partial charge in [0.2, 0.25) is 0 Å². The van der Waals surface area contributed by atoms with Crippen LogP contribution in [0.4, 0.5) is 0 Å². The lowest BCUT2D eigenvalue weighted by atomic mass is 9.88. The van der Waals surface area contributed by atoms with Crippen LogP contribution < -0.4 is 11.5 Å². The highest BCUT2D eigenvalue weighted by molar-refractivity contribution is 4.70. The minimum Gasteiger partial charge on any atom is -0.330 e. The first-order valence-corrected chi connectivity index (χ1v) is 9.66. The van der Waals surface area contributed by atoms with Gasteiger partial charge in [0.25, 0.3) is 0 Å². The fraction of sp³-hybridized carbons (Fsp3) is 1.00. The zero-order valence-electron chi connectivity index (χ0n) is 14.9. The smallest absolute Gasteiger partial charge is 0.00390 e. The first kappa shape index (κ1) is 20.9. The van der Waals surface area contributed by atoms with Crippen LogP contribution in [0, 0.1) is 5.92 Å². The molecule has 1 aliphatic rings. The second-order valence-electron chi connectivity index (χ2n) is 6.99. The maximum Gasteiger partial charge on any atom is 0.00390 e. The molecule has 1 fully saturated rings. The molecule has 0 aromatic carbocycles. The van der Waals surface area contributed by atoms with Gasteiger partial charge in [-0.2, -0.15) is 0 Å². The highest BCUT2D eigenvalue weighted by Gasteiger charge is 2.13. The first-order chi connectivity index (χ1) is 10.2. The number of nitrogens with two attached hydrogens (primary N) is 2. The molecule has 0 amide bonds. The summed E-state index contributed by atoms with van der Waals surface area (Å²) < 4.78 is 0. The third-order valence-electron chi connectivity index (χ3n) is 4.62. The SMILES string of the molecule is CC1CCC(N)CC1.CCCCCCCCCCCCN. The maximum atomic E-state index is 5.70. The van der Waals surface area contributed by atoms with E-state index >= 15 is 0 Å². The third kappa shape index (κ3) is 16.1. The summed E-state index contributed by atoms with van der Waals surface area (Å²) in [6, 6.07) is 0.520. The fourth-order valence-electron chi connectivity index (χ4n) is 2.92. The van der Waals surface area contributed by atoms with Crippen LogP contribution in [-0.2, 0) is 0 Å². The van der Waals surface area contributed by atoms with Crippen molar-refractivity contribution >= 4 is 0 Å². The van der Waals surface area contributed by atoms with Gasteiger partial charge < -0.3 is 11.5 Å². The van der Waals surface area contributed by atoms with Crippen LogP contribution in [0.15, 0.2) is 0 Å². The van der Waals surface area contributed by atoms with Gasteiger partial charge in [-0.05, 0) is 44.6 Å².